The molecule has 0 spiro atoms. The molecule has 0 aliphatic carbocycles. The molecule has 1 aromatic carbocycles. The van der Waals surface area contributed by atoms with Crippen molar-refractivity contribution in [3.8, 4) is 0 Å². The van der Waals surface area contributed by atoms with Crippen molar-refractivity contribution in [1.29, 1.82) is 0 Å². The first kappa shape index (κ1) is 17.0. The summed E-state index contributed by atoms with van der Waals surface area (Å²) in [5, 5.41) is 0. The van der Waals surface area contributed by atoms with E-state index in [2.05, 4.69) is 72.2 Å². The van der Waals surface area contributed by atoms with E-state index in [1.807, 2.05) is 6.07 Å². The summed E-state index contributed by atoms with van der Waals surface area (Å²) in [7, 11) is 0. The minimum absolute atomic E-state index is 0.787. The molecular formula is C9H13Br4NPb. The van der Waals surface area contributed by atoms with Crippen molar-refractivity contribution < 1.29 is 0 Å². The van der Waals surface area contributed by atoms with Gasteiger partial charge in [0.15, 0.2) is 0 Å². The summed E-state index contributed by atoms with van der Waals surface area (Å²) in [6.45, 7) is 0.787. The quantitative estimate of drug-likeness (QED) is 0.472. The molecular weight excluding hydrogens is 649 g/mol. The molecule has 0 unspecified atom stereocenters. The molecule has 1 aromatic rings. The SMILES string of the molecule is NCCCc1ccccc1.[Br][Pb]([Br])([Br])[Br]. The molecule has 6 heteroatoms. The van der Waals surface area contributed by atoms with Crippen LogP contribution in [0.2, 0.25) is 0 Å². The van der Waals surface area contributed by atoms with Crippen LogP contribution in [0.1, 0.15) is 12.0 Å². The standard InChI is InChI=1S/C9H13N.4BrH.Pb/c10-8-4-7-9-5-2-1-3-6-9;;;;;/h1-3,5-6H,4,7-8,10H2;4*1H;/q;;;;;+4/p-4. The van der Waals surface area contributed by atoms with Gasteiger partial charge in [-0.1, -0.05) is 30.3 Å². The number of hydrogen-bond acceptors (Lipinski definition) is 1. The summed E-state index contributed by atoms with van der Waals surface area (Å²) < 4.78 is 0. The van der Waals surface area contributed by atoms with Crippen molar-refractivity contribution in [2.24, 2.45) is 5.73 Å². The summed E-state index contributed by atoms with van der Waals surface area (Å²) >= 11 is 11.4. The third-order valence-corrected chi connectivity index (χ3v) is 1.51. The van der Waals surface area contributed by atoms with Crippen LogP contribution in [0.4, 0.5) is 0 Å². The zero-order valence-corrected chi connectivity index (χ0v) is 18.3. The first-order chi connectivity index (χ1) is 6.93. The predicted octanol–water partition coefficient (Wildman–Crippen LogP) is 4.58. The van der Waals surface area contributed by atoms with Gasteiger partial charge in [-0.25, -0.2) is 0 Å². The molecule has 1 nitrogen and oxygen atoms in total. The van der Waals surface area contributed by atoms with Crippen molar-refractivity contribution in [3.63, 3.8) is 0 Å². The number of aryl methyl sites for hydroxylation is 1. The molecule has 0 atom stereocenters. The van der Waals surface area contributed by atoms with E-state index in [1.165, 1.54) is 5.56 Å². The van der Waals surface area contributed by atoms with E-state index < -0.39 is 11.5 Å². The molecule has 0 aliphatic rings. The molecule has 15 heavy (non-hydrogen) atoms. The van der Waals surface area contributed by atoms with Gasteiger partial charge >= 0.3 is 59.5 Å². The number of nitrogens with two attached hydrogens (primary N) is 1. The van der Waals surface area contributed by atoms with Crippen LogP contribution in [0.15, 0.2) is 30.3 Å². The second kappa shape index (κ2) is 9.99. The summed E-state index contributed by atoms with van der Waals surface area (Å²) in [5.41, 5.74) is 6.76. The fourth-order valence-corrected chi connectivity index (χ4v) is 0.951. The van der Waals surface area contributed by atoms with E-state index in [-0.39, 0.29) is 0 Å². The Kier molecular flexibility index (Phi) is 11.3. The van der Waals surface area contributed by atoms with E-state index in [0.29, 0.717) is 0 Å². The monoisotopic (exact) mass is 659 g/mol. The average Bonchev–Trinajstić information content (AvgIpc) is 2.14. The van der Waals surface area contributed by atoms with Gasteiger partial charge in [0.1, 0.15) is 0 Å². The Labute approximate surface area is 118 Å². The van der Waals surface area contributed by atoms with Crippen LogP contribution in [-0.2, 0) is 6.42 Å². The van der Waals surface area contributed by atoms with Crippen LogP contribution in [0, 0.1) is 0 Å². The second-order valence-corrected chi connectivity index (χ2v) is 104. The van der Waals surface area contributed by atoms with Crippen LogP contribution < -0.4 is 5.73 Å². The molecule has 2 N–H and O–H groups in total. The van der Waals surface area contributed by atoms with Crippen molar-refractivity contribution in [1.82, 2.24) is 0 Å². The van der Waals surface area contributed by atoms with Gasteiger partial charge < -0.3 is 5.73 Å². The van der Waals surface area contributed by atoms with Gasteiger partial charge in [0.2, 0.25) is 0 Å². The molecule has 0 amide bonds. The number of rotatable bonds is 3. The molecule has 0 heterocycles. The molecule has 0 bridgehead atoms. The first-order valence-electron chi connectivity index (χ1n) is 4.43. The van der Waals surface area contributed by atoms with Crippen LogP contribution in [-0.4, -0.2) is 18.1 Å². The Morgan fingerprint density at radius 2 is 1.47 bits per heavy atom. The predicted molar refractivity (Wildman–Crippen MR) is 85.3 cm³/mol. The van der Waals surface area contributed by atoms with Crippen molar-refractivity contribution in [2.75, 3.05) is 6.54 Å². The third kappa shape index (κ3) is 16.0. The fraction of sp³-hybridized carbons (Fsp3) is 0.333. The van der Waals surface area contributed by atoms with Gasteiger partial charge in [-0.3, -0.25) is 0 Å². The maximum absolute atomic E-state index is 5.38. The van der Waals surface area contributed by atoms with Gasteiger partial charge in [0, 0.05) is 0 Å². The summed E-state index contributed by atoms with van der Waals surface area (Å²) in [6.07, 6.45) is 2.20. The van der Waals surface area contributed by atoms with Gasteiger partial charge in [-0.15, -0.1) is 0 Å². The molecule has 0 aromatic heterocycles. The van der Waals surface area contributed by atoms with Crippen LogP contribution in [0.5, 0.6) is 0 Å². The molecule has 86 valence electrons. The Morgan fingerprint density at radius 3 is 1.87 bits per heavy atom. The topological polar surface area (TPSA) is 26.0 Å². The molecule has 0 radical (unpaired) electrons. The van der Waals surface area contributed by atoms with E-state index in [9.17, 15) is 0 Å². The third-order valence-electron chi connectivity index (χ3n) is 1.51. The van der Waals surface area contributed by atoms with Crippen molar-refractivity contribution in [3.05, 3.63) is 35.9 Å². The van der Waals surface area contributed by atoms with Gasteiger partial charge in [0.25, 0.3) is 0 Å². The van der Waals surface area contributed by atoms with E-state index >= 15 is 0 Å². The van der Waals surface area contributed by atoms with Crippen LogP contribution in [0.3, 0.4) is 0 Å². The number of benzene rings is 1. The van der Waals surface area contributed by atoms with Gasteiger partial charge in [0.05, 0.1) is 0 Å². The molecule has 1 rings (SSSR count). The zero-order valence-electron chi connectivity index (χ0n) is 8.10. The van der Waals surface area contributed by atoms with Crippen molar-refractivity contribution in [2.45, 2.75) is 12.8 Å². The summed E-state index contributed by atoms with van der Waals surface area (Å²) in [4.78, 5) is 0. The Hall–Kier alpha value is 2.02. The van der Waals surface area contributed by atoms with Crippen LogP contribution >= 0.6 is 47.9 Å². The van der Waals surface area contributed by atoms with E-state index in [4.69, 9.17) is 5.73 Å². The first-order valence-corrected chi connectivity index (χ1v) is 38.1. The van der Waals surface area contributed by atoms with Gasteiger partial charge in [-0.05, 0) is 24.9 Å². The maximum atomic E-state index is 5.38. The van der Waals surface area contributed by atoms with Crippen LogP contribution in [0.25, 0.3) is 0 Å². The Bertz CT molecular complexity index is 244. The number of halogens is 4. The van der Waals surface area contributed by atoms with Crippen molar-refractivity contribution >= 4 is 59.5 Å². The minimum atomic E-state index is -2.03. The Balaban J connectivity index is 0.000000336. The fourth-order valence-electron chi connectivity index (χ4n) is 0.951. The zero-order chi connectivity index (χ0) is 11.7. The second-order valence-electron chi connectivity index (χ2n) is 2.81. The average molecular weight is 662 g/mol. The molecule has 0 saturated carbocycles. The molecule has 0 saturated heterocycles. The normalized spacial score (nSPS) is 10.5. The number of hydrogen-bond donors (Lipinski definition) is 1. The van der Waals surface area contributed by atoms with E-state index in [0.717, 1.165) is 19.4 Å². The molecule has 0 aliphatic heterocycles. The summed E-state index contributed by atoms with van der Waals surface area (Å²) in [5.74, 6) is 0. The van der Waals surface area contributed by atoms with Gasteiger partial charge in [-0.2, -0.15) is 0 Å². The Morgan fingerprint density at radius 1 is 1.00 bits per heavy atom. The van der Waals surface area contributed by atoms with E-state index in [1.54, 1.807) is 0 Å². The molecule has 0 fully saturated rings. The summed E-state index contributed by atoms with van der Waals surface area (Å²) in [6, 6.07) is 10.4.